The Morgan fingerprint density at radius 1 is 1.54 bits per heavy atom. The summed E-state index contributed by atoms with van der Waals surface area (Å²) in [5.41, 5.74) is 7.48. The summed E-state index contributed by atoms with van der Waals surface area (Å²) in [4.78, 5) is 11.1. The average Bonchev–Trinajstić information content (AvgIpc) is 2.04. The lowest BCUT2D eigenvalue weighted by molar-refractivity contribution is -0.119. The van der Waals surface area contributed by atoms with Crippen LogP contribution in [-0.2, 0) is 4.79 Å². The zero-order chi connectivity index (χ0) is 9.84. The summed E-state index contributed by atoms with van der Waals surface area (Å²) >= 11 is 0. The van der Waals surface area contributed by atoms with E-state index in [1.165, 1.54) is 0 Å². The van der Waals surface area contributed by atoms with E-state index in [0.717, 1.165) is 17.5 Å². The highest BCUT2D eigenvalue weighted by Crippen LogP contribution is 2.19. The molecule has 1 aromatic carbocycles. The molecule has 0 fully saturated rings. The van der Waals surface area contributed by atoms with Crippen molar-refractivity contribution in [3.63, 3.8) is 0 Å². The van der Waals surface area contributed by atoms with Crippen molar-refractivity contribution in [3.05, 3.63) is 35.4 Å². The maximum Gasteiger partial charge on any atom is 0.224 e. The molecule has 0 spiro atoms. The molecule has 0 bridgehead atoms. The van der Waals surface area contributed by atoms with E-state index >= 15 is 0 Å². The quantitative estimate of drug-likeness (QED) is 0.753. The molecule has 1 atom stereocenters. The highest BCUT2D eigenvalue weighted by Gasteiger charge is 2.14. The second-order valence-corrected chi connectivity index (χ2v) is 3.28. The Kier molecular flexibility index (Phi) is 3.07. The van der Waals surface area contributed by atoms with Gasteiger partial charge < -0.3 is 5.73 Å². The van der Waals surface area contributed by atoms with Crippen molar-refractivity contribution in [1.29, 1.82) is 0 Å². The standard InChI is InChI=1S/C11H15NO/c1-3-10(11(12)13)9-6-4-5-8(2)7-9/h4-7,10H,3H2,1-2H3,(H2,12,13). The van der Waals surface area contributed by atoms with Crippen LogP contribution in [0.15, 0.2) is 24.3 Å². The number of carbonyl (C=O) groups is 1. The molecule has 13 heavy (non-hydrogen) atoms. The molecule has 0 radical (unpaired) electrons. The van der Waals surface area contributed by atoms with Crippen LogP contribution in [0, 0.1) is 6.92 Å². The fourth-order valence-corrected chi connectivity index (χ4v) is 1.49. The molecule has 2 N–H and O–H groups in total. The van der Waals surface area contributed by atoms with Gasteiger partial charge in [-0.2, -0.15) is 0 Å². The fourth-order valence-electron chi connectivity index (χ4n) is 1.49. The van der Waals surface area contributed by atoms with Gasteiger partial charge in [-0.15, -0.1) is 0 Å². The van der Waals surface area contributed by atoms with Gasteiger partial charge in [0, 0.05) is 0 Å². The Labute approximate surface area is 78.8 Å². The van der Waals surface area contributed by atoms with E-state index in [1.54, 1.807) is 0 Å². The molecule has 0 saturated heterocycles. The summed E-state index contributed by atoms with van der Waals surface area (Å²) in [5.74, 6) is -0.381. The van der Waals surface area contributed by atoms with E-state index in [2.05, 4.69) is 0 Å². The van der Waals surface area contributed by atoms with E-state index in [9.17, 15) is 4.79 Å². The molecular weight excluding hydrogens is 162 g/mol. The van der Waals surface area contributed by atoms with E-state index in [1.807, 2.05) is 38.1 Å². The highest BCUT2D eigenvalue weighted by atomic mass is 16.1. The lowest BCUT2D eigenvalue weighted by Gasteiger charge is -2.11. The van der Waals surface area contributed by atoms with Crippen LogP contribution in [0.1, 0.15) is 30.4 Å². The van der Waals surface area contributed by atoms with Crippen LogP contribution in [-0.4, -0.2) is 5.91 Å². The minimum absolute atomic E-state index is 0.139. The summed E-state index contributed by atoms with van der Waals surface area (Å²) in [7, 11) is 0. The van der Waals surface area contributed by atoms with E-state index in [0.29, 0.717) is 0 Å². The van der Waals surface area contributed by atoms with Gasteiger partial charge in [-0.05, 0) is 18.9 Å². The molecule has 1 unspecified atom stereocenters. The number of nitrogens with two attached hydrogens (primary N) is 1. The van der Waals surface area contributed by atoms with Crippen molar-refractivity contribution in [3.8, 4) is 0 Å². The number of benzene rings is 1. The SMILES string of the molecule is CCC(C(N)=O)c1cccc(C)c1. The zero-order valence-corrected chi connectivity index (χ0v) is 8.08. The van der Waals surface area contributed by atoms with Crippen LogP contribution in [0.5, 0.6) is 0 Å². The number of rotatable bonds is 3. The first-order chi connectivity index (χ1) is 6.15. The molecule has 0 saturated carbocycles. The first-order valence-corrected chi connectivity index (χ1v) is 4.51. The highest BCUT2D eigenvalue weighted by molar-refractivity contribution is 5.81. The molecule has 0 aliphatic heterocycles. The van der Waals surface area contributed by atoms with Gasteiger partial charge in [-0.3, -0.25) is 4.79 Å². The van der Waals surface area contributed by atoms with Crippen molar-refractivity contribution in [2.75, 3.05) is 0 Å². The summed E-state index contributed by atoms with van der Waals surface area (Å²) in [6, 6.07) is 7.93. The predicted octanol–water partition coefficient (Wildman–Crippen LogP) is 1.97. The summed E-state index contributed by atoms with van der Waals surface area (Å²) in [6.07, 6.45) is 0.763. The minimum atomic E-state index is -0.242. The summed E-state index contributed by atoms with van der Waals surface area (Å²) < 4.78 is 0. The Bertz CT molecular complexity index is 307. The van der Waals surface area contributed by atoms with Gasteiger partial charge in [0.05, 0.1) is 5.92 Å². The third-order valence-corrected chi connectivity index (χ3v) is 2.20. The largest absolute Gasteiger partial charge is 0.369 e. The Balaban J connectivity index is 2.98. The van der Waals surface area contributed by atoms with E-state index in [4.69, 9.17) is 5.73 Å². The molecule has 2 heteroatoms. The second-order valence-electron chi connectivity index (χ2n) is 3.28. The smallest absolute Gasteiger partial charge is 0.224 e. The lowest BCUT2D eigenvalue weighted by atomic mass is 9.95. The molecule has 1 amide bonds. The monoisotopic (exact) mass is 177 g/mol. The van der Waals surface area contributed by atoms with Crippen LogP contribution in [0.25, 0.3) is 0 Å². The van der Waals surface area contributed by atoms with Crippen molar-refractivity contribution in [2.24, 2.45) is 5.73 Å². The summed E-state index contributed by atoms with van der Waals surface area (Å²) in [5, 5.41) is 0. The molecule has 1 aromatic rings. The van der Waals surface area contributed by atoms with Crippen LogP contribution in [0.4, 0.5) is 0 Å². The van der Waals surface area contributed by atoms with Gasteiger partial charge in [0.2, 0.25) is 5.91 Å². The third-order valence-electron chi connectivity index (χ3n) is 2.20. The average molecular weight is 177 g/mol. The number of amides is 1. The molecule has 0 heterocycles. The molecule has 2 nitrogen and oxygen atoms in total. The molecule has 0 aliphatic carbocycles. The van der Waals surface area contributed by atoms with Crippen molar-refractivity contribution in [1.82, 2.24) is 0 Å². The lowest BCUT2D eigenvalue weighted by Crippen LogP contribution is -2.20. The van der Waals surface area contributed by atoms with Crippen LogP contribution in [0.3, 0.4) is 0 Å². The fraction of sp³-hybridized carbons (Fsp3) is 0.364. The predicted molar refractivity (Wildman–Crippen MR) is 53.4 cm³/mol. The van der Waals surface area contributed by atoms with Crippen LogP contribution >= 0.6 is 0 Å². The normalized spacial score (nSPS) is 12.5. The van der Waals surface area contributed by atoms with Crippen molar-refractivity contribution < 1.29 is 4.79 Å². The van der Waals surface area contributed by atoms with Gasteiger partial charge in [0.15, 0.2) is 0 Å². The third kappa shape index (κ3) is 2.31. The number of aryl methyl sites for hydroxylation is 1. The number of carbonyl (C=O) groups excluding carboxylic acids is 1. The number of primary amides is 1. The Hall–Kier alpha value is -1.31. The summed E-state index contributed by atoms with van der Waals surface area (Å²) in [6.45, 7) is 3.98. The maximum absolute atomic E-state index is 11.1. The van der Waals surface area contributed by atoms with E-state index < -0.39 is 0 Å². The molecular formula is C11H15NO. The van der Waals surface area contributed by atoms with Gasteiger partial charge in [0.1, 0.15) is 0 Å². The van der Waals surface area contributed by atoms with E-state index in [-0.39, 0.29) is 11.8 Å². The van der Waals surface area contributed by atoms with Gasteiger partial charge in [-0.1, -0.05) is 36.8 Å². The molecule has 0 aliphatic rings. The topological polar surface area (TPSA) is 43.1 Å². The van der Waals surface area contributed by atoms with Crippen LogP contribution in [0.2, 0.25) is 0 Å². The van der Waals surface area contributed by atoms with Gasteiger partial charge in [-0.25, -0.2) is 0 Å². The Morgan fingerprint density at radius 3 is 2.69 bits per heavy atom. The first kappa shape index (κ1) is 9.78. The Morgan fingerprint density at radius 2 is 2.23 bits per heavy atom. The van der Waals surface area contributed by atoms with Crippen LogP contribution < -0.4 is 5.73 Å². The maximum atomic E-state index is 11.1. The van der Waals surface area contributed by atoms with Crippen molar-refractivity contribution >= 4 is 5.91 Å². The molecule has 0 aromatic heterocycles. The van der Waals surface area contributed by atoms with Gasteiger partial charge >= 0.3 is 0 Å². The number of hydrogen-bond acceptors (Lipinski definition) is 1. The first-order valence-electron chi connectivity index (χ1n) is 4.51. The van der Waals surface area contributed by atoms with Gasteiger partial charge in [0.25, 0.3) is 0 Å². The number of hydrogen-bond donors (Lipinski definition) is 1. The minimum Gasteiger partial charge on any atom is -0.369 e. The van der Waals surface area contributed by atoms with Crippen molar-refractivity contribution in [2.45, 2.75) is 26.2 Å². The zero-order valence-electron chi connectivity index (χ0n) is 8.08. The molecule has 1 rings (SSSR count). The molecule has 70 valence electrons. The second kappa shape index (κ2) is 4.08.